The Kier molecular flexibility index (Phi) is 6.37. The molecule has 0 aromatic heterocycles. The number of urea groups is 1. The smallest absolute Gasteiger partial charge is 0.342 e. The molecule has 0 aliphatic heterocycles. The number of hydrogen-bond acceptors (Lipinski definition) is 4. The average molecular weight is 308 g/mol. The van der Waals surface area contributed by atoms with Crippen LogP contribution in [0, 0.1) is 0 Å². The van der Waals surface area contributed by atoms with Crippen LogP contribution in [0.3, 0.4) is 0 Å². The van der Waals surface area contributed by atoms with Crippen molar-refractivity contribution >= 4 is 12.0 Å². The number of amides is 2. The lowest BCUT2D eigenvalue weighted by molar-refractivity contribution is -0.165. The minimum absolute atomic E-state index is 0.0322. The largest absolute Gasteiger partial charge is 0.469 e. The second-order valence-electron chi connectivity index (χ2n) is 5.62. The summed E-state index contributed by atoms with van der Waals surface area (Å²) in [5.41, 5.74) is 0.153. The second-order valence-corrected chi connectivity index (χ2v) is 5.62. The molecule has 0 saturated carbocycles. The first-order chi connectivity index (χ1) is 10.3. The quantitative estimate of drug-likeness (QED) is 0.648. The maximum Gasteiger partial charge on any atom is 0.342 e. The summed E-state index contributed by atoms with van der Waals surface area (Å²) in [5, 5.41) is 4.01. The zero-order valence-corrected chi connectivity index (χ0v) is 13.8. The lowest BCUT2D eigenvalue weighted by Crippen LogP contribution is -2.52. The zero-order valence-electron chi connectivity index (χ0n) is 13.8. The van der Waals surface area contributed by atoms with E-state index < -0.39 is 17.5 Å². The van der Waals surface area contributed by atoms with Crippen LogP contribution in [0.4, 0.5) is 4.79 Å². The van der Waals surface area contributed by atoms with Crippen molar-refractivity contribution in [3.63, 3.8) is 0 Å². The van der Waals surface area contributed by atoms with E-state index in [-0.39, 0.29) is 12.5 Å². The molecule has 6 heteroatoms. The van der Waals surface area contributed by atoms with E-state index in [0.29, 0.717) is 0 Å². The molecule has 0 heterocycles. The summed E-state index contributed by atoms with van der Waals surface area (Å²) in [6, 6.07) is 9.01. The van der Waals surface area contributed by atoms with E-state index in [9.17, 15) is 9.59 Å². The number of esters is 1. The molecule has 0 bridgehead atoms. The predicted molar refractivity (Wildman–Crippen MR) is 82.9 cm³/mol. The first-order valence-corrected chi connectivity index (χ1v) is 7.08. The molecule has 0 saturated heterocycles. The van der Waals surface area contributed by atoms with E-state index >= 15 is 0 Å². The fourth-order valence-corrected chi connectivity index (χ4v) is 2.17. The van der Waals surface area contributed by atoms with Gasteiger partial charge in [-0.15, -0.1) is 0 Å². The molecule has 1 aromatic rings. The Morgan fingerprint density at radius 3 is 2.32 bits per heavy atom. The third-order valence-electron chi connectivity index (χ3n) is 3.36. The number of benzene rings is 1. The van der Waals surface area contributed by atoms with Crippen molar-refractivity contribution in [1.29, 1.82) is 0 Å². The van der Waals surface area contributed by atoms with Crippen molar-refractivity contribution in [3.05, 3.63) is 35.9 Å². The van der Waals surface area contributed by atoms with Gasteiger partial charge in [-0.05, 0) is 26.3 Å². The molecule has 1 aromatic carbocycles. The normalized spacial score (nSPS) is 12.4. The fourth-order valence-electron chi connectivity index (χ4n) is 2.17. The van der Waals surface area contributed by atoms with Gasteiger partial charge in [0.2, 0.25) is 0 Å². The molecule has 1 unspecified atom stereocenters. The third-order valence-corrected chi connectivity index (χ3v) is 3.36. The van der Waals surface area contributed by atoms with Crippen LogP contribution in [-0.2, 0) is 14.4 Å². The van der Waals surface area contributed by atoms with Crippen LogP contribution in [0.5, 0.6) is 0 Å². The molecule has 0 aliphatic rings. The Labute approximate surface area is 131 Å². The van der Waals surface area contributed by atoms with E-state index in [4.69, 9.17) is 4.84 Å². The number of hydroxylamine groups is 2. The summed E-state index contributed by atoms with van der Waals surface area (Å²) < 4.78 is 4.66. The van der Waals surface area contributed by atoms with E-state index in [1.807, 2.05) is 37.3 Å². The molecule has 0 aliphatic carbocycles. The van der Waals surface area contributed by atoms with E-state index in [2.05, 4.69) is 10.1 Å². The van der Waals surface area contributed by atoms with Gasteiger partial charge < -0.3 is 10.1 Å². The predicted octanol–water partition coefficient (Wildman–Crippen LogP) is 2.66. The maximum absolute atomic E-state index is 12.4. The number of hydrogen-bond donors (Lipinski definition) is 1. The van der Waals surface area contributed by atoms with Gasteiger partial charge in [-0.25, -0.2) is 4.79 Å². The molecule has 0 radical (unpaired) electrons. The molecular formula is C16H24N2O4. The Hall–Kier alpha value is -2.08. The van der Waals surface area contributed by atoms with Crippen molar-refractivity contribution < 1.29 is 19.2 Å². The van der Waals surface area contributed by atoms with Crippen molar-refractivity contribution in [1.82, 2.24) is 10.4 Å². The highest BCUT2D eigenvalue weighted by atomic mass is 16.7. The van der Waals surface area contributed by atoms with Gasteiger partial charge in [0.05, 0.1) is 32.2 Å². The van der Waals surface area contributed by atoms with Crippen LogP contribution in [0.25, 0.3) is 0 Å². The summed E-state index contributed by atoms with van der Waals surface area (Å²) in [5.74, 6) is -0.407. The average Bonchev–Trinajstić information content (AvgIpc) is 2.47. The van der Waals surface area contributed by atoms with Gasteiger partial charge in [-0.1, -0.05) is 30.3 Å². The summed E-state index contributed by atoms with van der Waals surface area (Å²) >= 11 is 0. The highest BCUT2D eigenvalue weighted by Gasteiger charge is 2.35. The van der Waals surface area contributed by atoms with Crippen molar-refractivity contribution in [2.24, 2.45) is 0 Å². The Morgan fingerprint density at radius 1 is 1.23 bits per heavy atom. The van der Waals surface area contributed by atoms with Gasteiger partial charge in [0.1, 0.15) is 0 Å². The SMILES string of the molecule is COC(=O)CC(C)(C)N(OC)C(=O)NC(C)c1ccccc1. The number of rotatable bonds is 6. The fraction of sp³-hybridized carbons (Fsp3) is 0.500. The summed E-state index contributed by atoms with van der Waals surface area (Å²) in [7, 11) is 2.71. The third kappa shape index (κ3) is 4.73. The summed E-state index contributed by atoms with van der Waals surface area (Å²) in [6.07, 6.45) is 0.0322. The molecule has 122 valence electrons. The Bertz CT molecular complexity index is 502. The molecule has 0 fully saturated rings. The van der Waals surface area contributed by atoms with Crippen LogP contribution < -0.4 is 5.32 Å². The molecule has 2 amide bonds. The second kappa shape index (κ2) is 7.79. The first kappa shape index (κ1) is 18.0. The van der Waals surface area contributed by atoms with E-state index in [1.54, 1.807) is 13.8 Å². The number of nitrogens with zero attached hydrogens (tertiary/aromatic N) is 1. The van der Waals surface area contributed by atoms with Crippen LogP contribution in [0.15, 0.2) is 30.3 Å². The van der Waals surface area contributed by atoms with Gasteiger partial charge in [-0.3, -0.25) is 9.63 Å². The first-order valence-electron chi connectivity index (χ1n) is 7.08. The summed E-state index contributed by atoms with van der Waals surface area (Å²) in [4.78, 5) is 29.1. The van der Waals surface area contributed by atoms with Crippen molar-refractivity contribution in [2.75, 3.05) is 14.2 Å². The van der Waals surface area contributed by atoms with Crippen molar-refractivity contribution in [3.8, 4) is 0 Å². The van der Waals surface area contributed by atoms with E-state index in [1.165, 1.54) is 14.2 Å². The van der Waals surface area contributed by atoms with Gasteiger partial charge in [-0.2, -0.15) is 5.06 Å². The van der Waals surface area contributed by atoms with Crippen LogP contribution in [-0.4, -0.2) is 36.8 Å². The standard InChI is InChI=1S/C16H24N2O4/c1-12(13-9-7-6-8-10-13)17-15(20)18(22-5)16(2,3)11-14(19)21-4/h6-10,12H,11H2,1-5H3,(H,17,20). The van der Waals surface area contributed by atoms with Gasteiger partial charge in [0.25, 0.3) is 0 Å². The van der Waals surface area contributed by atoms with Crippen LogP contribution in [0.2, 0.25) is 0 Å². The lowest BCUT2D eigenvalue weighted by atomic mass is 10.0. The van der Waals surface area contributed by atoms with Crippen LogP contribution in [0.1, 0.15) is 38.8 Å². The lowest BCUT2D eigenvalue weighted by Gasteiger charge is -2.36. The van der Waals surface area contributed by atoms with Gasteiger partial charge >= 0.3 is 12.0 Å². The van der Waals surface area contributed by atoms with E-state index in [0.717, 1.165) is 10.6 Å². The van der Waals surface area contributed by atoms with Gasteiger partial charge in [0, 0.05) is 0 Å². The zero-order chi connectivity index (χ0) is 16.8. The molecule has 1 rings (SSSR count). The molecule has 1 atom stereocenters. The topological polar surface area (TPSA) is 67.9 Å². The molecular weight excluding hydrogens is 284 g/mol. The number of carbonyl (C=O) groups is 2. The Balaban J connectivity index is 2.77. The maximum atomic E-state index is 12.4. The summed E-state index contributed by atoms with van der Waals surface area (Å²) in [6.45, 7) is 5.36. The highest BCUT2D eigenvalue weighted by Crippen LogP contribution is 2.21. The van der Waals surface area contributed by atoms with Gasteiger partial charge in [0.15, 0.2) is 0 Å². The number of ether oxygens (including phenoxy) is 1. The minimum atomic E-state index is -0.831. The number of methoxy groups -OCH3 is 1. The van der Waals surface area contributed by atoms with Crippen LogP contribution >= 0.6 is 0 Å². The number of carbonyl (C=O) groups excluding carboxylic acids is 2. The molecule has 1 N–H and O–H groups in total. The number of nitrogens with one attached hydrogen (secondary N) is 1. The monoisotopic (exact) mass is 308 g/mol. The molecule has 22 heavy (non-hydrogen) atoms. The van der Waals surface area contributed by atoms with Crippen molar-refractivity contribution in [2.45, 2.75) is 38.8 Å². The highest BCUT2D eigenvalue weighted by molar-refractivity contribution is 5.76. The minimum Gasteiger partial charge on any atom is -0.469 e. The molecule has 0 spiro atoms. The Morgan fingerprint density at radius 2 is 1.82 bits per heavy atom. The molecule has 6 nitrogen and oxygen atoms in total.